The van der Waals surface area contributed by atoms with Crippen molar-refractivity contribution in [2.75, 3.05) is 11.5 Å². The summed E-state index contributed by atoms with van der Waals surface area (Å²) >= 11 is 9.12. The first-order chi connectivity index (χ1) is 17.6. The van der Waals surface area contributed by atoms with Crippen LogP contribution < -0.4 is 19.1 Å². The second-order valence-electron chi connectivity index (χ2n) is 7.56. The van der Waals surface area contributed by atoms with Crippen LogP contribution in [0.15, 0.2) is 81.7 Å². The number of nitrogens with zero attached hydrogens (tertiary/aromatic N) is 1. The van der Waals surface area contributed by atoms with Crippen LogP contribution in [-0.2, 0) is 19.7 Å². The Morgan fingerprint density at radius 3 is 2.30 bits per heavy atom. The minimum absolute atomic E-state index is 0.0684. The molecule has 0 bridgehead atoms. The maximum Gasteiger partial charge on any atom is 0.339 e. The topological polar surface area (TPSA) is 119 Å². The molecule has 1 aliphatic heterocycles. The first-order valence-corrected chi connectivity index (χ1v) is 13.3. The molecule has 4 amide bonds. The summed E-state index contributed by atoms with van der Waals surface area (Å²) < 4.78 is 37.0. The van der Waals surface area contributed by atoms with Crippen molar-refractivity contribution in [3.63, 3.8) is 0 Å². The second-order valence-corrected chi connectivity index (χ2v) is 10.5. The highest BCUT2D eigenvalue weighted by molar-refractivity contribution is 9.10. The summed E-state index contributed by atoms with van der Waals surface area (Å²) in [5.74, 6) is -1.71. The molecule has 0 spiro atoms. The zero-order chi connectivity index (χ0) is 26.7. The van der Waals surface area contributed by atoms with Gasteiger partial charge in [0.25, 0.3) is 11.8 Å². The Morgan fingerprint density at radius 1 is 0.973 bits per heavy atom. The molecule has 0 aliphatic carbocycles. The van der Waals surface area contributed by atoms with Crippen molar-refractivity contribution in [2.45, 2.75) is 11.8 Å². The van der Waals surface area contributed by atoms with E-state index in [1.807, 2.05) is 0 Å². The zero-order valence-corrected chi connectivity index (χ0v) is 22.3. The molecule has 12 heteroatoms. The predicted molar refractivity (Wildman–Crippen MR) is 140 cm³/mol. The third-order valence-electron chi connectivity index (χ3n) is 5.07. The lowest BCUT2D eigenvalue weighted by Crippen LogP contribution is -2.54. The standard InChI is InChI=1S/C25H18BrClN2O7S/c1-2-35-22-14-15(3-12-21(22)36-37(33,34)19-10-6-17(27)7-11-19)13-20-23(30)28-25(32)29(24(20)31)18-8-4-16(26)5-9-18/h3-14H,2H2,1H3,(H,28,30,32)/b20-13+. The molecule has 0 radical (unpaired) electrons. The van der Waals surface area contributed by atoms with E-state index in [4.69, 9.17) is 20.5 Å². The number of barbiturate groups is 1. The van der Waals surface area contributed by atoms with Gasteiger partial charge in [0.05, 0.1) is 12.3 Å². The number of hydrogen-bond donors (Lipinski definition) is 1. The van der Waals surface area contributed by atoms with Crippen LogP contribution in [0.5, 0.6) is 11.5 Å². The molecular formula is C25H18BrClN2O7S. The molecule has 190 valence electrons. The molecule has 9 nitrogen and oxygen atoms in total. The van der Waals surface area contributed by atoms with Gasteiger partial charge in [-0.2, -0.15) is 8.42 Å². The smallest absolute Gasteiger partial charge is 0.339 e. The van der Waals surface area contributed by atoms with E-state index in [1.54, 1.807) is 31.2 Å². The SMILES string of the molecule is CCOc1cc(/C=C2\C(=O)NC(=O)N(c3ccc(Br)cc3)C2=O)ccc1OS(=O)(=O)c1ccc(Cl)cc1. The summed E-state index contributed by atoms with van der Waals surface area (Å²) in [5, 5.41) is 2.52. The van der Waals surface area contributed by atoms with Gasteiger partial charge in [0.1, 0.15) is 10.5 Å². The molecule has 0 aromatic heterocycles. The van der Waals surface area contributed by atoms with Crippen molar-refractivity contribution in [1.29, 1.82) is 0 Å². The predicted octanol–water partition coefficient (Wildman–Crippen LogP) is 4.94. The van der Waals surface area contributed by atoms with E-state index in [2.05, 4.69) is 21.2 Å². The van der Waals surface area contributed by atoms with Crippen molar-refractivity contribution in [2.24, 2.45) is 0 Å². The Morgan fingerprint density at radius 2 is 1.65 bits per heavy atom. The van der Waals surface area contributed by atoms with Gasteiger partial charge in [-0.1, -0.05) is 33.6 Å². The Bertz CT molecular complexity index is 1520. The first-order valence-electron chi connectivity index (χ1n) is 10.7. The van der Waals surface area contributed by atoms with Crippen molar-refractivity contribution in [1.82, 2.24) is 5.32 Å². The monoisotopic (exact) mass is 604 g/mol. The maximum atomic E-state index is 13.1. The highest BCUT2D eigenvalue weighted by atomic mass is 79.9. The van der Waals surface area contributed by atoms with Crippen LogP contribution in [-0.4, -0.2) is 32.9 Å². The van der Waals surface area contributed by atoms with Gasteiger partial charge in [-0.05, 0) is 79.2 Å². The fourth-order valence-electron chi connectivity index (χ4n) is 3.37. The van der Waals surface area contributed by atoms with E-state index < -0.39 is 28.0 Å². The summed E-state index contributed by atoms with van der Waals surface area (Å²) in [6.07, 6.45) is 1.27. The zero-order valence-electron chi connectivity index (χ0n) is 19.1. The fourth-order valence-corrected chi connectivity index (χ4v) is 4.70. The minimum atomic E-state index is -4.20. The molecule has 3 aromatic carbocycles. The molecule has 37 heavy (non-hydrogen) atoms. The number of rotatable bonds is 7. The van der Waals surface area contributed by atoms with Crippen LogP contribution in [0.3, 0.4) is 0 Å². The van der Waals surface area contributed by atoms with E-state index in [1.165, 1.54) is 48.5 Å². The molecule has 4 rings (SSSR count). The highest BCUT2D eigenvalue weighted by Gasteiger charge is 2.36. The molecule has 3 aromatic rings. The third kappa shape index (κ3) is 5.85. The van der Waals surface area contributed by atoms with Crippen LogP contribution in [0, 0.1) is 0 Å². The van der Waals surface area contributed by atoms with E-state index in [-0.39, 0.29) is 34.3 Å². The van der Waals surface area contributed by atoms with Crippen molar-refractivity contribution < 1.29 is 31.7 Å². The number of halogens is 2. The number of anilines is 1. The Hall–Kier alpha value is -3.67. The van der Waals surface area contributed by atoms with Gasteiger partial charge in [0.2, 0.25) is 0 Å². The summed E-state index contributed by atoms with van der Waals surface area (Å²) in [4.78, 5) is 38.7. The Labute approximate surface area is 225 Å². The number of nitrogens with one attached hydrogen (secondary N) is 1. The third-order valence-corrected chi connectivity index (χ3v) is 7.10. The molecule has 0 saturated carbocycles. The number of ether oxygens (including phenoxy) is 1. The molecule has 1 aliphatic rings. The van der Waals surface area contributed by atoms with Crippen LogP contribution in [0.25, 0.3) is 6.08 Å². The quantitative estimate of drug-likeness (QED) is 0.230. The fraction of sp³-hybridized carbons (Fsp3) is 0.0800. The van der Waals surface area contributed by atoms with Crippen LogP contribution in [0.4, 0.5) is 10.5 Å². The average molecular weight is 606 g/mol. The number of hydrogen-bond acceptors (Lipinski definition) is 7. The number of amides is 4. The molecule has 1 heterocycles. The van der Waals surface area contributed by atoms with Crippen LogP contribution in [0.1, 0.15) is 12.5 Å². The van der Waals surface area contributed by atoms with Crippen LogP contribution >= 0.6 is 27.5 Å². The van der Waals surface area contributed by atoms with Crippen molar-refractivity contribution in [3.8, 4) is 11.5 Å². The molecule has 1 fully saturated rings. The van der Waals surface area contributed by atoms with Gasteiger partial charge in [0, 0.05) is 9.50 Å². The van der Waals surface area contributed by atoms with Crippen molar-refractivity contribution in [3.05, 3.63) is 87.4 Å². The normalized spacial score (nSPS) is 15.1. The van der Waals surface area contributed by atoms with E-state index in [0.29, 0.717) is 10.6 Å². The maximum absolute atomic E-state index is 13.1. The lowest BCUT2D eigenvalue weighted by atomic mass is 10.1. The minimum Gasteiger partial charge on any atom is -0.490 e. The number of carbonyl (C=O) groups is 3. The van der Waals surface area contributed by atoms with Crippen LogP contribution in [0.2, 0.25) is 5.02 Å². The molecular weight excluding hydrogens is 588 g/mol. The lowest BCUT2D eigenvalue weighted by molar-refractivity contribution is -0.122. The first kappa shape index (κ1) is 26.4. The van der Waals surface area contributed by atoms with E-state index >= 15 is 0 Å². The highest BCUT2D eigenvalue weighted by Crippen LogP contribution is 2.33. The van der Waals surface area contributed by atoms with Gasteiger partial charge in [-0.25, -0.2) is 9.69 Å². The summed E-state index contributed by atoms with van der Waals surface area (Å²) in [6, 6.07) is 15.2. The van der Waals surface area contributed by atoms with Gasteiger partial charge in [-0.3, -0.25) is 14.9 Å². The lowest BCUT2D eigenvalue weighted by Gasteiger charge is -2.26. The number of imide groups is 2. The molecule has 0 unspecified atom stereocenters. The molecule has 1 N–H and O–H groups in total. The van der Waals surface area contributed by atoms with Gasteiger partial charge >= 0.3 is 16.1 Å². The average Bonchev–Trinajstić information content (AvgIpc) is 2.84. The van der Waals surface area contributed by atoms with E-state index in [0.717, 1.165) is 9.37 Å². The summed E-state index contributed by atoms with van der Waals surface area (Å²) in [6.45, 7) is 1.88. The van der Waals surface area contributed by atoms with Gasteiger partial charge in [0.15, 0.2) is 11.5 Å². The Kier molecular flexibility index (Phi) is 7.67. The van der Waals surface area contributed by atoms with Crippen molar-refractivity contribution >= 4 is 67.3 Å². The van der Waals surface area contributed by atoms with Gasteiger partial charge in [-0.15, -0.1) is 0 Å². The second kappa shape index (κ2) is 10.8. The largest absolute Gasteiger partial charge is 0.490 e. The number of urea groups is 1. The van der Waals surface area contributed by atoms with E-state index in [9.17, 15) is 22.8 Å². The van der Waals surface area contributed by atoms with Gasteiger partial charge < -0.3 is 8.92 Å². The number of carbonyl (C=O) groups excluding carboxylic acids is 3. The Balaban J connectivity index is 1.67. The summed E-state index contributed by atoms with van der Waals surface area (Å²) in [7, 11) is -4.20. The molecule has 0 atom stereocenters. The molecule has 1 saturated heterocycles. The number of benzene rings is 3. The summed E-state index contributed by atoms with van der Waals surface area (Å²) in [5.41, 5.74) is 0.311.